The van der Waals surface area contributed by atoms with Gasteiger partial charge in [-0.2, -0.15) is 0 Å². The van der Waals surface area contributed by atoms with Crippen LogP contribution in [0.4, 0.5) is 5.69 Å². The Bertz CT molecular complexity index is 842. The highest BCUT2D eigenvalue weighted by Gasteiger charge is 2.15. The number of carbonyl (C=O) groups is 1. The Morgan fingerprint density at radius 3 is 2.19 bits per heavy atom. The van der Waals surface area contributed by atoms with E-state index in [2.05, 4.69) is 48.6 Å². The maximum absolute atomic E-state index is 12.7. The van der Waals surface area contributed by atoms with E-state index in [4.69, 9.17) is 0 Å². The second-order valence-electron chi connectivity index (χ2n) is 7.04. The molecule has 0 aliphatic rings. The topological polar surface area (TPSA) is 29.1 Å². The summed E-state index contributed by atoms with van der Waals surface area (Å²) < 4.78 is 0. The third-order valence-corrected chi connectivity index (χ3v) is 4.96. The van der Waals surface area contributed by atoms with E-state index in [0.29, 0.717) is 5.92 Å². The molecule has 0 heterocycles. The van der Waals surface area contributed by atoms with Crippen molar-refractivity contribution in [1.82, 2.24) is 0 Å². The quantitative estimate of drug-likeness (QED) is 0.461. The van der Waals surface area contributed by atoms with Crippen molar-refractivity contribution in [2.75, 3.05) is 5.32 Å². The van der Waals surface area contributed by atoms with Crippen molar-refractivity contribution in [3.63, 3.8) is 0 Å². The van der Waals surface area contributed by atoms with Crippen LogP contribution in [0.25, 0.3) is 0 Å². The number of anilines is 1. The van der Waals surface area contributed by atoms with Gasteiger partial charge in [-0.3, -0.25) is 4.79 Å². The average Bonchev–Trinajstić information content (AvgIpc) is 2.72. The van der Waals surface area contributed by atoms with Crippen molar-refractivity contribution in [2.45, 2.75) is 38.5 Å². The number of amides is 1. The molecule has 1 amide bonds. The molecule has 0 saturated carbocycles. The van der Waals surface area contributed by atoms with Crippen LogP contribution in [-0.4, -0.2) is 5.91 Å². The Morgan fingerprint density at radius 1 is 0.815 bits per heavy atom. The highest BCUT2D eigenvalue weighted by molar-refractivity contribution is 6.05. The number of rotatable bonds is 8. The van der Waals surface area contributed by atoms with Gasteiger partial charge in [-0.1, -0.05) is 80.1 Å². The minimum Gasteiger partial charge on any atom is -0.322 e. The molecule has 27 heavy (non-hydrogen) atoms. The van der Waals surface area contributed by atoms with E-state index in [1.54, 1.807) is 0 Å². The lowest BCUT2D eigenvalue weighted by atomic mass is 9.90. The van der Waals surface area contributed by atoms with Crippen LogP contribution < -0.4 is 5.32 Å². The summed E-state index contributed by atoms with van der Waals surface area (Å²) in [6, 6.07) is 28.2. The first kappa shape index (κ1) is 18.9. The molecule has 3 rings (SSSR count). The third kappa shape index (κ3) is 5.55. The molecule has 0 radical (unpaired) electrons. The van der Waals surface area contributed by atoms with Crippen LogP contribution in [0, 0.1) is 0 Å². The molecule has 3 aromatic carbocycles. The Hall–Kier alpha value is -2.87. The molecule has 0 aliphatic heterocycles. The van der Waals surface area contributed by atoms with Crippen LogP contribution in [0.1, 0.15) is 53.6 Å². The Labute approximate surface area is 162 Å². The molecule has 3 aromatic rings. The van der Waals surface area contributed by atoms with Gasteiger partial charge in [0.2, 0.25) is 0 Å². The lowest BCUT2D eigenvalue weighted by Crippen LogP contribution is -2.15. The van der Waals surface area contributed by atoms with Crippen LogP contribution in [0.3, 0.4) is 0 Å². The van der Waals surface area contributed by atoms with Gasteiger partial charge in [-0.25, -0.2) is 0 Å². The van der Waals surface area contributed by atoms with Crippen LogP contribution in [0.2, 0.25) is 0 Å². The molecule has 0 aliphatic carbocycles. The average molecular weight is 357 g/mol. The smallest absolute Gasteiger partial charge is 0.255 e. The van der Waals surface area contributed by atoms with E-state index >= 15 is 0 Å². The maximum Gasteiger partial charge on any atom is 0.255 e. The number of para-hydroxylation sites is 1. The lowest BCUT2D eigenvalue weighted by Gasteiger charge is -2.16. The monoisotopic (exact) mass is 357 g/mol. The molecule has 0 spiro atoms. The molecule has 0 fully saturated rings. The number of hydrogen-bond acceptors (Lipinski definition) is 1. The highest BCUT2D eigenvalue weighted by atomic mass is 16.1. The Balaban J connectivity index is 1.58. The largest absolute Gasteiger partial charge is 0.322 e. The van der Waals surface area contributed by atoms with Crippen molar-refractivity contribution in [3.8, 4) is 0 Å². The molecule has 0 saturated heterocycles. The van der Waals surface area contributed by atoms with Gasteiger partial charge in [0.05, 0.1) is 0 Å². The number of unbranched alkanes of at least 4 members (excludes halogenated alkanes) is 1. The molecule has 138 valence electrons. The number of hydrogen-bond donors (Lipinski definition) is 1. The number of carbonyl (C=O) groups excluding carboxylic acids is 1. The molecule has 1 atom stereocenters. The predicted octanol–water partition coefficient (Wildman–Crippen LogP) is 6.46. The van der Waals surface area contributed by atoms with Crippen molar-refractivity contribution >= 4 is 11.6 Å². The van der Waals surface area contributed by atoms with Crippen LogP contribution >= 0.6 is 0 Å². The van der Waals surface area contributed by atoms with E-state index in [9.17, 15) is 4.79 Å². The maximum atomic E-state index is 12.7. The molecular formula is C25H27NO. The van der Waals surface area contributed by atoms with Gasteiger partial charge < -0.3 is 5.32 Å². The molecule has 0 aromatic heterocycles. The molecule has 2 heteroatoms. The number of benzene rings is 3. The Kier molecular flexibility index (Phi) is 6.81. The van der Waals surface area contributed by atoms with Crippen molar-refractivity contribution in [1.29, 1.82) is 0 Å². The molecule has 2 nitrogen and oxygen atoms in total. The molecule has 0 bridgehead atoms. The van der Waals surface area contributed by atoms with Crippen LogP contribution in [0.5, 0.6) is 0 Å². The van der Waals surface area contributed by atoms with Gasteiger partial charge in [-0.05, 0) is 54.5 Å². The van der Waals surface area contributed by atoms with Gasteiger partial charge in [0, 0.05) is 11.3 Å². The van der Waals surface area contributed by atoms with Gasteiger partial charge in [0.15, 0.2) is 0 Å². The first-order valence-electron chi connectivity index (χ1n) is 9.73. The minimum absolute atomic E-state index is 0.0343. The Morgan fingerprint density at radius 2 is 1.44 bits per heavy atom. The standard InChI is InChI=1S/C25H27NO/c1-20(12-8-9-15-21-13-4-2-5-14-21)23-18-10-11-19-24(23)25(27)26-22-16-6-3-7-17-22/h2-7,10-11,13-14,16-20H,8-9,12,15H2,1H3,(H,26,27). The van der Waals surface area contributed by atoms with E-state index in [0.717, 1.165) is 36.1 Å². The van der Waals surface area contributed by atoms with E-state index < -0.39 is 0 Å². The molecular weight excluding hydrogens is 330 g/mol. The summed E-state index contributed by atoms with van der Waals surface area (Å²) in [5.41, 5.74) is 4.13. The normalized spacial score (nSPS) is 11.7. The first-order chi connectivity index (χ1) is 13.2. The van der Waals surface area contributed by atoms with Crippen molar-refractivity contribution < 1.29 is 4.79 Å². The predicted molar refractivity (Wildman–Crippen MR) is 113 cm³/mol. The molecule has 1 N–H and O–H groups in total. The zero-order valence-corrected chi connectivity index (χ0v) is 15.9. The van der Waals surface area contributed by atoms with Gasteiger partial charge >= 0.3 is 0 Å². The highest BCUT2D eigenvalue weighted by Crippen LogP contribution is 2.26. The summed E-state index contributed by atoms with van der Waals surface area (Å²) in [4.78, 5) is 12.7. The van der Waals surface area contributed by atoms with Gasteiger partial charge in [0.1, 0.15) is 0 Å². The summed E-state index contributed by atoms with van der Waals surface area (Å²) in [6.07, 6.45) is 4.53. The fourth-order valence-electron chi connectivity index (χ4n) is 3.43. The summed E-state index contributed by atoms with van der Waals surface area (Å²) in [6.45, 7) is 2.22. The van der Waals surface area contributed by atoms with Crippen LogP contribution in [-0.2, 0) is 6.42 Å². The summed E-state index contributed by atoms with van der Waals surface area (Å²) >= 11 is 0. The van der Waals surface area contributed by atoms with Gasteiger partial charge in [-0.15, -0.1) is 0 Å². The van der Waals surface area contributed by atoms with Crippen molar-refractivity contribution in [3.05, 3.63) is 102 Å². The summed E-state index contributed by atoms with van der Waals surface area (Å²) in [7, 11) is 0. The zero-order valence-electron chi connectivity index (χ0n) is 15.9. The van der Waals surface area contributed by atoms with Crippen LogP contribution in [0.15, 0.2) is 84.9 Å². The fourth-order valence-corrected chi connectivity index (χ4v) is 3.43. The zero-order chi connectivity index (χ0) is 18.9. The third-order valence-electron chi connectivity index (χ3n) is 4.96. The minimum atomic E-state index is -0.0343. The number of aryl methyl sites for hydroxylation is 1. The summed E-state index contributed by atoms with van der Waals surface area (Å²) in [5.74, 6) is 0.325. The fraction of sp³-hybridized carbons (Fsp3) is 0.240. The summed E-state index contributed by atoms with van der Waals surface area (Å²) in [5, 5.41) is 3.00. The second kappa shape index (κ2) is 9.72. The lowest BCUT2D eigenvalue weighted by molar-refractivity contribution is 0.102. The van der Waals surface area contributed by atoms with E-state index in [-0.39, 0.29) is 5.91 Å². The number of nitrogens with one attached hydrogen (secondary N) is 1. The molecule has 1 unspecified atom stereocenters. The second-order valence-corrected chi connectivity index (χ2v) is 7.04. The van der Waals surface area contributed by atoms with E-state index in [1.807, 2.05) is 48.5 Å². The van der Waals surface area contributed by atoms with Crippen molar-refractivity contribution in [2.24, 2.45) is 0 Å². The van der Waals surface area contributed by atoms with E-state index in [1.165, 1.54) is 12.0 Å². The van der Waals surface area contributed by atoms with Gasteiger partial charge in [0.25, 0.3) is 5.91 Å². The first-order valence-corrected chi connectivity index (χ1v) is 9.73. The SMILES string of the molecule is CC(CCCCc1ccccc1)c1ccccc1C(=O)Nc1ccccc1.